The van der Waals surface area contributed by atoms with Gasteiger partial charge in [0.05, 0.1) is 33.0 Å². The minimum atomic E-state index is -0.145. The van der Waals surface area contributed by atoms with E-state index < -0.39 is 0 Å². The lowest BCUT2D eigenvalue weighted by Gasteiger charge is -2.29. The number of ether oxygens (including phenoxy) is 3. The highest BCUT2D eigenvalue weighted by Crippen LogP contribution is 2.28. The van der Waals surface area contributed by atoms with Crippen LogP contribution in [0.15, 0.2) is 42.5 Å². The smallest absolute Gasteiger partial charge is 0.251 e. The van der Waals surface area contributed by atoms with Crippen LogP contribution in [-0.2, 0) is 4.74 Å². The van der Waals surface area contributed by atoms with Crippen LogP contribution >= 0.6 is 0 Å². The number of methoxy groups -OCH3 is 1. The molecule has 0 bridgehead atoms. The first-order valence-electron chi connectivity index (χ1n) is 9.66. The number of hydrogen-bond donors (Lipinski definition) is 1. The van der Waals surface area contributed by atoms with Gasteiger partial charge in [-0.3, -0.25) is 4.79 Å². The van der Waals surface area contributed by atoms with E-state index in [1.807, 2.05) is 13.8 Å². The second kappa shape index (κ2) is 9.46. The van der Waals surface area contributed by atoms with Crippen molar-refractivity contribution in [1.29, 1.82) is 0 Å². The van der Waals surface area contributed by atoms with Gasteiger partial charge in [-0.1, -0.05) is 12.1 Å². The van der Waals surface area contributed by atoms with E-state index in [2.05, 4.69) is 34.5 Å². The van der Waals surface area contributed by atoms with Crippen molar-refractivity contribution in [2.45, 2.75) is 19.9 Å². The Morgan fingerprint density at radius 2 is 1.86 bits per heavy atom. The van der Waals surface area contributed by atoms with E-state index in [9.17, 15) is 4.79 Å². The van der Waals surface area contributed by atoms with E-state index in [1.165, 1.54) is 5.69 Å². The normalized spacial score (nSPS) is 15.0. The number of nitrogens with zero attached hydrogens (tertiary/aromatic N) is 1. The molecular formula is C22H28N2O4. The molecule has 1 fully saturated rings. The number of hydrogen-bond acceptors (Lipinski definition) is 5. The molecule has 1 aliphatic heterocycles. The van der Waals surface area contributed by atoms with Crippen LogP contribution in [0.4, 0.5) is 5.69 Å². The Bertz CT molecular complexity index is 786. The lowest BCUT2D eigenvalue weighted by molar-refractivity contribution is 0.0939. The standard InChI is InChI=1S/C22H28N2O4/c1-4-28-21-15-18(7-10-20(21)26-3)22(25)23-16(2)17-5-8-19(9-6-17)24-11-13-27-14-12-24/h5-10,15-16H,4,11-14H2,1-3H3,(H,23,25). The second-order valence-electron chi connectivity index (χ2n) is 6.68. The first kappa shape index (κ1) is 20.0. The van der Waals surface area contributed by atoms with E-state index in [4.69, 9.17) is 14.2 Å². The lowest BCUT2D eigenvalue weighted by Crippen LogP contribution is -2.36. The molecule has 0 spiro atoms. The third-order valence-corrected chi connectivity index (χ3v) is 4.84. The summed E-state index contributed by atoms with van der Waals surface area (Å²) in [4.78, 5) is 15.0. The summed E-state index contributed by atoms with van der Waals surface area (Å²) in [6, 6.07) is 13.4. The van der Waals surface area contributed by atoms with Gasteiger partial charge in [-0.05, 0) is 49.7 Å². The number of benzene rings is 2. The van der Waals surface area contributed by atoms with Gasteiger partial charge in [0.2, 0.25) is 0 Å². The van der Waals surface area contributed by atoms with Gasteiger partial charge in [-0.15, -0.1) is 0 Å². The predicted octanol–water partition coefficient (Wildman–Crippen LogP) is 3.42. The molecule has 2 aromatic carbocycles. The largest absolute Gasteiger partial charge is 0.493 e. The van der Waals surface area contributed by atoms with Crippen LogP contribution in [0.25, 0.3) is 0 Å². The van der Waals surface area contributed by atoms with Gasteiger partial charge in [-0.2, -0.15) is 0 Å². The van der Waals surface area contributed by atoms with Gasteiger partial charge in [0.25, 0.3) is 5.91 Å². The number of morpholine rings is 1. The maximum absolute atomic E-state index is 12.7. The third kappa shape index (κ3) is 4.75. The van der Waals surface area contributed by atoms with Crippen LogP contribution in [0, 0.1) is 0 Å². The summed E-state index contributed by atoms with van der Waals surface area (Å²) in [5, 5.41) is 3.05. The number of nitrogens with one attached hydrogen (secondary N) is 1. The molecule has 0 saturated carbocycles. The second-order valence-corrected chi connectivity index (χ2v) is 6.68. The maximum atomic E-state index is 12.7. The molecule has 6 nitrogen and oxygen atoms in total. The fraction of sp³-hybridized carbons (Fsp3) is 0.409. The molecule has 28 heavy (non-hydrogen) atoms. The molecule has 1 N–H and O–H groups in total. The molecular weight excluding hydrogens is 356 g/mol. The minimum absolute atomic E-state index is 0.108. The highest BCUT2D eigenvalue weighted by Gasteiger charge is 2.16. The summed E-state index contributed by atoms with van der Waals surface area (Å²) < 4.78 is 16.2. The fourth-order valence-electron chi connectivity index (χ4n) is 3.24. The molecule has 3 rings (SSSR count). The van der Waals surface area contributed by atoms with Crippen molar-refractivity contribution in [3.05, 3.63) is 53.6 Å². The van der Waals surface area contributed by atoms with E-state index >= 15 is 0 Å². The lowest BCUT2D eigenvalue weighted by atomic mass is 10.1. The van der Waals surface area contributed by atoms with Gasteiger partial charge < -0.3 is 24.4 Å². The zero-order valence-electron chi connectivity index (χ0n) is 16.7. The quantitative estimate of drug-likeness (QED) is 0.793. The van der Waals surface area contributed by atoms with Crippen molar-refractivity contribution in [3.8, 4) is 11.5 Å². The molecule has 1 unspecified atom stereocenters. The molecule has 1 amide bonds. The number of carbonyl (C=O) groups is 1. The molecule has 0 aromatic heterocycles. The summed E-state index contributed by atoms with van der Waals surface area (Å²) in [6.45, 7) is 7.73. The monoisotopic (exact) mass is 384 g/mol. The summed E-state index contributed by atoms with van der Waals surface area (Å²) in [5.74, 6) is 1.04. The van der Waals surface area contributed by atoms with E-state index in [0.717, 1.165) is 31.9 Å². The van der Waals surface area contributed by atoms with Gasteiger partial charge in [0.1, 0.15) is 0 Å². The van der Waals surface area contributed by atoms with E-state index in [0.29, 0.717) is 23.7 Å². The summed E-state index contributed by atoms with van der Waals surface area (Å²) in [6.07, 6.45) is 0. The highest BCUT2D eigenvalue weighted by molar-refractivity contribution is 5.95. The molecule has 1 atom stereocenters. The number of amides is 1. The average Bonchev–Trinajstić information content (AvgIpc) is 2.74. The molecule has 1 saturated heterocycles. The van der Waals surface area contributed by atoms with Crippen LogP contribution in [0.5, 0.6) is 11.5 Å². The van der Waals surface area contributed by atoms with Crippen molar-refractivity contribution in [1.82, 2.24) is 5.32 Å². The van der Waals surface area contributed by atoms with Crippen molar-refractivity contribution in [2.75, 3.05) is 44.9 Å². The van der Waals surface area contributed by atoms with Crippen molar-refractivity contribution in [3.63, 3.8) is 0 Å². The molecule has 0 radical (unpaired) electrons. The Morgan fingerprint density at radius 3 is 2.50 bits per heavy atom. The van der Waals surface area contributed by atoms with Gasteiger partial charge in [-0.25, -0.2) is 0 Å². The zero-order valence-corrected chi connectivity index (χ0v) is 16.7. The van der Waals surface area contributed by atoms with Gasteiger partial charge >= 0.3 is 0 Å². The number of rotatable bonds is 7. The fourth-order valence-corrected chi connectivity index (χ4v) is 3.24. The zero-order chi connectivity index (χ0) is 19.9. The predicted molar refractivity (Wildman–Crippen MR) is 110 cm³/mol. The maximum Gasteiger partial charge on any atom is 0.251 e. The van der Waals surface area contributed by atoms with Crippen LogP contribution in [0.1, 0.15) is 35.8 Å². The first-order chi connectivity index (χ1) is 13.6. The molecule has 1 aliphatic rings. The Balaban J connectivity index is 1.66. The number of anilines is 1. The van der Waals surface area contributed by atoms with Crippen molar-refractivity contribution in [2.24, 2.45) is 0 Å². The number of carbonyl (C=O) groups excluding carboxylic acids is 1. The van der Waals surface area contributed by atoms with E-state index in [-0.39, 0.29) is 11.9 Å². The summed E-state index contributed by atoms with van der Waals surface area (Å²) in [7, 11) is 1.58. The SMILES string of the molecule is CCOc1cc(C(=O)NC(C)c2ccc(N3CCOCC3)cc2)ccc1OC. The van der Waals surface area contributed by atoms with Gasteiger partial charge in [0, 0.05) is 24.3 Å². The van der Waals surface area contributed by atoms with Crippen LogP contribution in [0.2, 0.25) is 0 Å². The van der Waals surface area contributed by atoms with Gasteiger partial charge in [0.15, 0.2) is 11.5 Å². The minimum Gasteiger partial charge on any atom is -0.493 e. The van der Waals surface area contributed by atoms with Crippen molar-refractivity contribution < 1.29 is 19.0 Å². The average molecular weight is 384 g/mol. The Labute approximate surface area is 166 Å². The van der Waals surface area contributed by atoms with Crippen LogP contribution in [0.3, 0.4) is 0 Å². The molecule has 1 heterocycles. The molecule has 2 aromatic rings. The Hall–Kier alpha value is -2.73. The molecule has 0 aliphatic carbocycles. The Kier molecular flexibility index (Phi) is 6.76. The first-order valence-corrected chi connectivity index (χ1v) is 9.66. The summed E-state index contributed by atoms with van der Waals surface area (Å²) >= 11 is 0. The highest BCUT2D eigenvalue weighted by atomic mass is 16.5. The molecule has 6 heteroatoms. The van der Waals surface area contributed by atoms with Crippen LogP contribution in [-0.4, -0.2) is 45.9 Å². The molecule has 150 valence electrons. The van der Waals surface area contributed by atoms with Crippen LogP contribution < -0.4 is 19.7 Å². The summed E-state index contributed by atoms with van der Waals surface area (Å²) in [5.41, 5.74) is 2.78. The van der Waals surface area contributed by atoms with E-state index in [1.54, 1.807) is 25.3 Å². The van der Waals surface area contributed by atoms with Crippen molar-refractivity contribution >= 4 is 11.6 Å². The third-order valence-electron chi connectivity index (χ3n) is 4.84. The Morgan fingerprint density at radius 1 is 1.14 bits per heavy atom. The topological polar surface area (TPSA) is 60.0 Å².